The minimum absolute atomic E-state index is 0.0365. The number of nitrogens with two attached hydrogens (primary N) is 2. The molecular weight excluding hydrogens is 546 g/mol. The second-order valence-corrected chi connectivity index (χ2v) is 9.72. The van der Waals surface area contributed by atoms with Gasteiger partial charge in [-0.05, 0) is 41.5 Å². The molecule has 0 saturated carbocycles. The van der Waals surface area contributed by atoms with Crippen LogP contribution in [0, 0.1) is 11.8 Å². The van der Waals surface area contributed by atoms with Crippen LogP contribution in [0.25, 0.3) is 10.9 Å². The van der Waals surface area contributed by atoms with Crippen molar-refractivity contribution in [3.05, 3.63) is 117 Å². The predicted octanol–water partition coefficient (Wildman–Crippen LogP) is 3.86. The number of nitrogens with zero attached hydrogens (tertiary/aromatic N) is 3. The third-order valence-corrected chi connectivity index (χ3v) is 6.81. The number of pyridine rings is 1. The summed E-state index contributed by atoms with van der Waals surface area (Å²) in [5.74, 6) is 7.03. The van der Waals surface area contributed by atoms with E-state index < -0.39 is 11.4 Å². The van der Waals surface area contributed by atoms with Gasteiger partial charge in [-0.2, -0.15) is 4.98 Å². The van der Waals surface area contributed by atoms with Crippen molar-refractivity contribution in [2.75, 3.05) is 25.7 Å². The third-order valence-electron chi connectivity index (χ3n) is 6.81. The van der Waals surface area contributed by atoms with Crippen LogP contribution in [0.2, 0.25) is 0 Å². The number of aromatic nitrogens is 3. The number of carbonyl (C=O) groups is 1. The van der Waals surface area contributed by atoms with Crippen molar-refractivity contribution in [2.24, 2.45) is 7.05 Å². The van der Waals surface area contributed by atoms with Gasteiger partial charge in [0.2, 0.25) is 11.4 Å². The van der Waals surface area contributed by atoms with E-state index in [-0.39, 0.29) is 18.1 Å². The zero-order valence-corrected chi connectivity index (χ0v) is 23.9. The molecule has 0 aliphatic heterocycles. The quantitative estimate of drug-likeness (QED) is 0.218. The van der Waals surface area contributed by atoms with Gasteiger partial charge in [0.05, 0.1) is 25.3 Å². The van der Waals surface area contributed by atoms with Gasteiger partial charge in [-0.3, -0.25) is 4.79 Å². The van der Waals surface area contributed by atoms with Crippen LogP contribution in [-0.2, 0) is 24.8 Å². The number of nitrogen functional groups attached to an aromatic ring is 2. The largest absolute Gasteiger partial charge is 0.493 e. The van der Waals surface area contributed by atoms with Crippen LogP contribution in [0.15, 0.2) is 77.9 Å². The van der Waals surface area contributed by atoms with Gasteiger partial charge in [-0.15, -0.1) is 0 Å². The Balaban J connectivity index is 1.45. The SMILES string of the molecule is COc1cc(Cc2cnc(N)nc2N)cc(C#Cc2ccc3c(=O)c(C(=O)OCc4ccccc4)cn(C)c3c2)c1OC. The standard InChI is InChI=1S/C33H29N5O5/c1-38-18-26(32(40)43-19-21-7-5-4-6-8-21)29(39)25-12-10-20(15-27(25)38)9-11-23-13-22(16-28(41-2)30(23)42-3)14-24-17-36-33(35)37-31(24)34/h4-8,10,12-13,15-18H,14,19H2,1-3H3,(H4,34,35,36,37). The summed E-state index contributed by atoms with van der Waals surface area (Å²) in [4.78, 5) is 34.0. The number of methoxy groups -OCH3 is 2. The first-order valence-electron chi connectivity index (χ1n) is 13.3. The molecule has 2 heterocycles. The van der Waals surface area contributed by atoms with E-state index >= 15 is 0 Å². The van der Waals surface area contributed by atoms with Crippen LogP contribution in [0.3, 0.4) is 0 Å². The molecule has 0 saturated heterocycles. The van der Waals surface area contributed by atoms with Crippen molar-refractivity contribution in [1.82, 2.24) is 14.5 Å². The Hall–Kier alpha value is -5.82. The summed E-state index contributed by atoms with van der Waals surface area (Å²) in [6, 6.07) is 18.2. The highest BCUT2D eigenvalue weighted by Gasteiger charge is 2.17. The summed E-state index contributed by atoms with van der Waals surface area (Å²) >= 11 is 0. The van der Waals surface area contributed by atoms with Gasteiger partial charge in [0.1, 0.15) is 18.0 Å². The summed E-state index contributed by atoms with van der Waals surface area (Å²) in [5.41, 5.74) is 15.5. The lowest BCUT2D eigenvalue weighted by Gasteiger charge is -2.13. The van der Waals surface area contributed by atoms with Gasteiger partial charge >= 0.3 is 5.97 Å². The number of hydrogen-bond donors (Lipinski definition) is 2. The fourth-order valence-electron chi connectivity index (χ4n) is 4.65. The van der Waals surface area contributed by atoms with Crippen molar-refractivity contribution >= 4 is 28.6 Å². The molecule has 10 nitrogen and oxygen atoms in total. The Bertz CT molecular complexity index is 1960. The summed E-state index contributed by atoms with van der Waals surface area (Å²) in [5, 5.41) is 0.381. The number of ether oxygens (including phenoxy) is 3. The predicted molar refractivity (Wildman–Crippen MR) is 164 cm³/mol. The third kappa shape index (κ3) is 6.26. The van der Waals surface area contributed by atoms with Crippen molar-refractivity contribution < 1.29 is 19.0 Å². The molecule has 5 aromatic rings. The van der Waals surface area contributed by atoms with Crippen LogP contribution in [0.5, 0.6) is 11.5 Å². The van der Waals surface area contributed by atoms with Gasteiger partial charge < -0.3 is 30.2 Å². The van der Waals surface area contributed by atoms with Crippen molar-refractivity contribution in [1.29, 1.82) is 0 Å². The molecular formula is C33H29N5O5. The van der Waals surface area contributed by atoms with Crippen LogP contribution >= 0.6 is 0 Å². The molecule has 0 spiro atoms. The van der Waals surface area contributed by atoms with E-state index in [1.807, 2.05) is 42.5 Å². The average Bonchev–Trinajstić information content (AvgIpc) is 3.02. The summed E-state index contributed by atoms with van der Waals surface area (Å²) in [6.07, 6.45) is 3.50. The highest BCUT2D eigenvalue weighted by atomic mass is 16.5. The maximum atomic E-state index is 13.2. The van der Waals surface area contributed by atoms with Crippen LogP contribution in [-0.4, -0.2) is 34.7 Å². The monoisotopic (exact) mass is 575 g/mol. The molecule has 43 heavy (non-hydrogen) atoms. The molecule has 0 fully saturated rings. The number of hydrogen-bond acceptors (Lipinski definition) is 9. The second-order valence-electron chi connectivity index (χ2n) is 9.72. The molecule has 0 atom stereocenters. The topological polar surface area (TPSA) is 145 Å². The Morgan fingerprint density at radius 1 is 0.977 bits per heavy atom. The molecule has 10 heteroatoms. The summed E-state index contributed by atoms with van der Waals surface area (Å²) < 4.78 is 18.3. The molecule has 0 amide bonds. The van der Waals surface area contributed by atoms with Crippen LogP contribution in [0.4, 0.5) is 11.8 Å². The first-order valence-corrected chi connectivity index (χ1v) is 13.3. The van der Waals surface area contributed by atoms with E-state index in [0.717, 1.165) is 11.1 Å². The molecule has 0 aliphatic carbocycles. The van der Waals surface area contributed by atoms with E-state index in [0.29, 0.717) is 51.3 Å². The zero-order valence-electron chi connectivity index (χ0n) is 23.9. The van der Waals surface area contributed by atoms with Crippen LogP contribution < -0.4 is 26.4 Å². The zero-order chi connectivity index (χ0) is 30.5. The van der Waals surface area contributed by atoms with Crippen molar-refractivity contribution in [3.8, 4) is 23.3 Å². The maximum absolute atomic E-state index is 13.2. The van der Waals surface area contributed by atoms with E-state index in [1.165, 1.54) is 6.20 Å². The van der Waals surface area contributed by atoms with E-state index in [9.17, 15) is 9.59 Å². The fraction of sp³-hybridized carbons (Fsp3) is 0.152. The van der Waals surface area contributed by atoms with E-state index in [1.54, 1.807) is 50.2 Å². The van der Waals surface area contributed by atoms with E-state index in [4.69, 9.17) is 25.7 Å². The van der Waals surface area contributed by atoms with Gasteiger partial charge in [0, 0.05) is 42.4 Å². The summed E-state index contributed by atoms with van der Waals surface area (Å²) in [6.45, 7) is 0.0754. The minimum Gasteiger partial charge on any atom is -0.493 e. The number of carbonyl (C=O) groups excluding carboxylic acids is 1. The number of fused-ring (bicyclic) bond motifs is 1. The minimum atomic E-state index is -0.677. The normalized spacial score (nSPS) is 10.6. The van der Waals surface area contributed by atoms with Crippen LogP contribution in [0.1, 0.15) is 38.2 Å². The van der Waals surface area contributed by atoms with Gasteiger partial charge in [0.25, 0.3) is 0 Å². The Morgan fingerprint density at radius 3 is 2.49 bits per heavy atom. The Morgan fingerprint density at radius 2 is 1.77 bits per heavy atom. The lowest BCUT2D eigenvalue weighted by molar-refractivity contribution is 0.0470. The smallest absolute Gasteiger partial charge is 0.343 e. The van der Waals surface area contributed by atoms with Gasteiger partial charge in [-0.1, -0.05) is 42.2 Å². The van der Waals surface area contributed by atoms with Crippen molar-refractivity contribution in [2.45, 2.75) is 13.0 Å². The second kappa shape index (κ2) is 12.4. The Kier molecular flexibility index (Phi) is 8.25. The molecule has 216 valence electrons. The molecule has 2 aromatic heterocycles. The molecule has 3 aromatic carbocycles. The van der Waals surface area contributed by atoms with E-state index in [2.05, 4.69) is 21.8 Å². The molecule has 0 bridgehead atoms. The number of rotatable bonds is 7. The molecule has 0 aliphatic rings. The number of esters is 1. The first-order chi connectivity index (χ1) is 20.8. The molecule has 0 unspecified atom stereocenters. The number of anilines is 2. The molecule has 4 N–H and O–H groups in total. The number of aryl methyl sites for hydroxylation is 1. The lowest BCUT2D eigenvalue weighted by atomic mass is 10.0. The fourth-order valence-corrected chi connectivity index (χ4v) is 4.65. The molecule has 0 radical (unpaired) electrons. The van der Waals surface area contributed by atoms with Crippen molar-refractivity contribution in [3.63, 3.8) is 0 Å². The average molecular weight is 576 g/mol. The molecule has 5 rings (SSSR count). The van der Waals surface area contributed by atoms with Gasteiger partial charge in [-0.25, -0.2) is 9.78 Å². The Labute approximate surface area is 247 Å². The maximum Gasteiger partial charge on any atom is 0.343 e. The highest BCUT2D eigenvalue weighted by molar-refractivity contribution is 5.94. The lowest BCUT2D eigenvalue weighted by Crippen LogP contribution is -2.20. The summed E-state index contributed by atoms with van der Waals surface area (Å²) in [7, 11) is 4.86. The van der Waals surface area contributed by atoms with Gasteiger partial charge in [0.15, 0.2) is 11.5 Å². The first kappa shape index (κ1) is 28.7. The highest BCUT2D eigenvalue weighted by Crippen LogP contribution is 2.33. The number of benzene rings is 3.